The van der Waals surface area contributed by atoms with Crippen LogP contribution in [0.15, 0.2) is 52.5 Å². The number of hydrogen-bond acceptors (Lipinski definition) is 3. The number of nitrogens with one attached hydrogen (secondary N) is 1. The summed E-state index contributed by atoms with van der Waals surface area (Å²) < 4.78 is 1.14. The second-order valence-corrected chi connectivity index (χ2v) is 7.13. The van der Waals surface area contributed by atoms with Gasteiger partial charge in [-0.1, -0.05) is 30.3 Å². The Labute approximate surface area is 162 Å². The van der Waals surface area contributed by atoms with Crippen molar-refractivity contribution in [1.82, 2.24) is 5.32 Å². The number of benzene rings is 2. The molecule has 6 heteroatoms. The smallest absolute Gasteiger partial charge is 0.262 e. The number of phenols is 1. The van der Waals surface area contributed by atoms with Crippen molar-refractivity contribution in [2.24, 2.45) is 0 Å². The van der Waals surface area contributed by atoms with Crippen LogP contribution < -0.4 is 5.32 Å². The Morgan fingerprint density at radius 3 is 2.62 bits per heavy atom. The predicted octanol–water partition coefficient (Wildman–Crippen LogP) is 4.54. The van der Waals surface area contributed by atoms with Crippen molar-refractivity contribution >= 4 is 50.5 Å². The molecule has 0 saturated carbocycles. The zero-order chi connectivity index (χ0) is 17.7. The highest BCUT2D eigenvalue weighted by molar-refractivity contribution is 14.1. The third-order valence-electron chi connectivity index (χ3n) is 3.36. The minimum atomic E-state index is -0.437. The maximum Gasteiger partial charge on any atom is 0.262 e. The quantitative estimate of drug-likeness (QED) is 0.370. The molecular weight excluding hydrogens is 483 g/mol. The molecule has 2 rings (SSSR count). The first-order valence-electron chi connectivity index (χ1n) is 7.08. The lowest BCUT2D eigenvalue weighted by atomic mass is 10.1. The van der Waals surface area contributed by atoms with Gasteiger partial charge in [0, 0.05) is 0 Å². The Hall–Kier alpha value is -1.85. The summed E-state index contributed by atoms with van der Waals surface area (Å²) in [6, 6.07) is 14.6. The first kappa shape index (κ1) is 18.5. The van der Waals surface area contributed by atoms with Gasteiger partial charge in [0.2, 0.25) is 0 Å². The normalized spacial score (nSPS) is 12.3. The van der Waals surface area contributed by atoms with Crippen molar-refractivity contribution in [1.29, 1.82) is 5.26 Å². The van der Waals surface area contributed by atoms with Gasteiger partial charge in [-0.15, -0.1) is 0 Å². The summed E-state index contributed by atoms with van der Waals surface area (Å²) in [6.07, 6.45) is 1.50. The molecule has 2 aromatic rings. The maximum absolute atomic E-state index is 12.3. The minimum Gasteiger partial charge on any atom is -0.506 e. The lowest BCUT2D eigenvalue weighted by molar-refractivity contribution is -0.117. The molecule has 4 nitrogen and oxygen atoms in total. The highest BCUT2D eigenvalue weighted by Gasteiger charge is 2.14. The number of hydrogen-bond donors (Lipinski definition) is 2. The molecule has 122 valence electrons. The van der Waals surface area contributed by atoms with Crippen molar-refractivity contribution in [3.05, 3.63) is 67.2 Å². The zero-order valence-electron chi connectivity index (χ0n) is 12.8. The number of aromatic hydroxyl groups is 1. The van der Waals surface area contributed by atoms with E-state index in [2.05, 4.69) is 21.2 Å². The van der Waals surface area contributed by atoms with Gasteiger partial charge in [-0.25, -0.2) is 0 Å². The number of phenolic OH excluding ortho intramolecular Hbond substituents is 1. The van der Waals surface area contributed by atoms with E-state index in [9.17, 15) is 15.2 Å². The highest BCUT2D eigenvalue weighted by Crippen LogP contribution is 2.31. The first-order chi connectivity index (χ1) is 11.4. The summed E-state index contributed by atoms with van der Waals surface area (Å²) in [5.74, 6) is -0.304. The van der Waals surface area contributed by atoms with Gasteiger partial charge in [-0.2, -0.15) is 5.26 Å². The van der Waals surface area contributed by atoms with Gasteiger partial charge in [0.25, 0.3) is 5.91 Å². The molecule has 24 heavy (non-hydrogen) atoms. The average Bonchev–Trinajstić information content (AvgIpc) is 2.58. The number of rotatable bonds is 4. The first-order valence-corrected chi connectivity index (χ1v) is 8.95. The number of nitriles is 1. The Morgan fingerprint density at radius 2 is 2.04 bits per heavy atom. The molecule has 0 aliphatic heterocycles. The lowest BCUT2D eigenvalue weighted by Crippen LogP contribution is -2.27. The zero-order valence-corrected chi connectivity index (χ0v) is 16.5. The molecule has 0 aliphatic carbocycles. The van der Waals surface area contributed by atoms with Crippen LogP contribution in [0.3, 0.4) is 0 Å². The number of nitrogens with zero attached hydrogens (tertiary/aromatic N) is 1. The molecule has 0 bridgehead atoms. The van der Waals surface area contributed by atoms with Crippen LogP contribution in [0.2, 0.25) is 0 Å². The molecule has 0 saturated heterocycles. The van der Waals surface area contributed by atoms with Crippen molar-refractivity contribution in [2.75, 3.05) is 0 Å². The van der Waals surface area contributed by atoms with Crippen molar-refractivity contribution in [3.8, 4) is 11.8 Å². The van der Waals surface area contributed by atoms with Gasteiger partial charge < -0.3 is 10.4 Å². The number of halogens is 2. The molecule has 0 heterocycles. The number of carbonyl (C=O) groups excluding carboxylic acids is 1. The van der Waals surface area contributed by atoms with Gasteiger partial charge in [-0.3, -0.25) is 4.79 Å². The molecule has 2 aromatic carbocycles. The van der Waals surface area contributed by atoms with Crippen molar-refractivity contribution < 1.29 is 9.90 Å². The van der Waals surface area contributed by atoms with E-state index in [1.165, 1.54) is 6.08 Å². The van der Waals surface area contributed by atoms with Gasteiger partial charge in [-0.05, 0) is 74.8 Å². The predicted molar refractivity (Wildman–Crippen MR) is 105 cm³/mol. The van der Waals surface area contributed by atoms with Gasteiger partial charge >= 0.3 is 0 Å². The van der Waals surface area contributed by atoms with Gasteiger partial charge in [0.15, 0.2) is 0 Å². The van der Waals surface area contributed by atoms with Crippen LogP contribution in [0.5, 0.6) is 5.75 Å². The molecule has 0 spiro atoms. The maximum atomic E-state index is 12.3. The molecule has 1 atom stereocenters. The lowest BCUT2D eigenvalue weighted by Gasteiger charge is -2.13. The van der Waals surface area contributed by atoms with E-state index >= 15 is 0 Å². The van der Waals surface area contributed by atoms with Crippen LogP contribution in [-0.2, 0) is 4.79 Å². The largest absolute Gasteiger partial charge is 0.506 e. The van der Waals surface area contributed by atoms with Crippen LogP contribution in [-0.4, -0.2) is 11.0 Å². The summed E-state index contributed by atoms with van der Waals surface area (Å²) in [5.41, 5.74) is 1.62. The topological polar surface area (TPSA) is 73.1 Å². The third-order valence-corrected chi connectivity index (χ3v) is 4.79. The van der Waals surface area contributed by atoms with Crippen LogP contribution in [0.4, 0.5) is 0 Å². The summed E-state index contributed by atoms with van der Waals surface area (Å²) in [5, 5.41) is 21.9. The molecule has 0 unspecified atom stereocenters. The Morgan fingerprint density at radius 1 is 1.38 bits per heavy atom. The van der Waals surface area contributed by atoms with Crippen molar-refractivity contribution in [2.45, 2.75) is 13.0 Å². The fourth-order valence-corrected chi connectivity index (χ4v) is 3.58. The molecular formula is C18H14BrIN2O2. The summed E-state index contributed by atoms with van der Waals surface area (Å²) in [6.45, 7) is 1.86. The molecule has 0 aliphatic rings. The molecule has 0 fully saturated rings. The van der Waals surface area contributed by atoms with E-state index in [1.54, 1.807) is 12.1 Å². The number of amides is 1. The van der Waals surface area contributed by atoms with Crippen molar-refractivity contribution in [3.63, 3.8) is 0 Å². The average molecular weight is 497 g/mol. The summed E-state index contributed by atoms with van der Waals surface area (Å²) in [7, 11) is 0. The van der Waals surface area contributed by atoms with Gasteiger partial charge in [0.05, 0.1) is 14.1 Å². The second-order valence-electron chi connectivity index (χ2n) is 5.11. The molecule has 0 aromatic heterocycles. The summed E-state index contributed by atoms with van der Waals surface area (Å²) in [4.78, 5) is 12.3. The molecule has 1 amide bonds. The Kier molecular flexibility index (Phi) is 6.40. The van der Waals surface area contributed by atoms with Crippen LogP contribution in [0.1, 0.15) is 24.1 Å². The fraction of sp³-hybridized carbons (Fsp3) is 0.111. The summed E-state index contributed by atoms with van der Waals surface area (Å²) >= 11 is 5.24. The second kappa shape index (κ2) is 8.31. The molecule has 2 N–H and O–H groups in total. The Bertz CT molecular complexity index is 806. The van der Waals surface area contributed by atoms with Crippen LogP contribution in [0.25, 0.3) is 6.08 Å². The van der Waals surface area contributed by atoms with E-state index in [-0.39, 0.29) is 17.4 Å². The van der Waals surface area contributed by atoms with E-state index < -0.39 is 5.91 Å². The monoisotopic (exact) mass is 496 g/mol. The van der Waals surface area contributed by atoms with Gasteiger partial charge in [0.1, 0.15) is 17.4 Å². The van der Waals surface area contributed by atoms with E-state index in [0.29, 0.717) is 13.6 Å². The fourth-order valence-electron chi connectivity index (χ4n) is 2.08. The Balaban J connectivity index is 2.22. The van der Waals surface area contributed by atoms with E-state index in [0.717, 1.165) is 5.56 Å². The highest BCUT2D eigenvalue weighted by atomic mass is 127. The minimum absolute atomic E-state index is 0.00571. The van der Waals surface area contributed by atoms with E-state index in [1.807, 2.05) is 65.9 Å². The van der Waals surface area contributed by atoms with E-state index in [4.69, 9.17) is 0 Å². The number of carbonyl (C=O) groups is 1. The standard InChI is InChI=1S/C18H14BrIN2O2/c1-11(13-5-3-2-4-6-13)22-18(24)14(10-21)7-12-8-15(19)17(23)16(20)9-12/h2-9,11,23H,1H3,(H,22,24)/b14-7-/t11-/m1/s1. The third kappa shape index (κ3) is 4.58. The SMILES string of the molecule is C[C@@H](NC(=O)/C(C#N)=C\c1cc(Br)c(O)c(I)c1)c1ccccc1. The van der Waals surface area contributed by atoms with Crippen LogP contribution in [0, 0.1) is 14.9 Å². The van der Waals surface area contributed by atoms with Crippen LogP contribution >= 0.6 is 38.5 Å². The molecule has 0 radical (unpaired) electrons.